The van der Waals surface area contributed by atoms with Crippen molar-refractivity contribution >= 4 is 23.3 Å². The first-order valence-corrected chi connectivity index (χ1v) is 8.75. The second kappa shape index (κ2) is 7.15. The molecule has 0 bridgehead atoms. The van der Waals surface area contributed by atoms with E-state index in [0.717, 1.165) is 24.1 Å². The Bertz CT molecular complexity index is 878. The van der Waals surface area contributed by atoms with Crippen LogP contribution in [-0.4, -0.2) is 22.6 Å². The fourth-order valence-electron chi connectivity index (χ4n) is 3.12. The van der Waals surface area contributed by atoms with E-state index in [2.05, 4.69) is 15.6 Å². The number of aromatic nitrogens is 1. The average Bonchev–Trinajstić information content (AvgIpc) is 3.38. The molecule has 26 heavy (non-hydrogen) atoms. The van der Waals surface area contributed by atoms with Crippen molar-refractivity contribution in [1.82, 2.24) is 10.3 Å². The molecule has 0 atom stereocenters. The fraction of sp³-hybridized carbons (Fsp3) is 0.350. The minimum atomic E-state index is -0.259. The van der Waals surface area contributed by atoms with Crippen LogP contribution in [0.25, 0.3) is 0 Å². The number of benzene rings is 1. The maximum Gasteiger partial charge on any atom is 0.268 e. The first kappa shape index (κ1) is 17.9. The molecule has 2 aromatic rings. The van der Waals surface area contributed by atoms with Crippen molar-refractivity contribution in [3.63, 3.8) is 0 Å². The number of H-pyrrole nitrogens is 1. The average molecular weight is 353 g/mol. The van der Waals surface area contributed by atoms with E-state index in [9.17, 15) is 14.4 Å². The molecule has 1 aliphatic carbocycles. The summed E-state index contributed by atoms with van der Waals surface area (Å²) < 4.78 is 0. The van der Waals surface area contributed by atoms with Gasteiger partial charge in [0.2, 0.25) is 5.91 Å². The van der Waals surface area contributed by atoms with E-state index < -0.39 is 0 Å². The highest BCUT2D eigenvalue weighted by Crippen LogP contribution is 2.30. The van der Waals surface area contributed by atoms with Gasteiger partial charge >= 0.3 is 0 Å². The summed E-state index contributed by atoms with van der Waals surface area (Å²) in [6.07, 6.45) is 1.91. The number of nitrogens with one attached hydrogen (secondary N) is 3. The molecule has 2 amide bonds. The summed E-state index contributed by atoms with van der Waals surface area (Å²) in [6.45, 7) is 5.38. The Kier molecular flexibility index (Phi) is 4.93. The van der Waals surface area contributed by atoms with Crippen molar-refractivity contribution < 1.29 is 14.4 Å². The van der Waals surface area contributed by atoms with Crippen LogP contribution in [0, 0.1) is 19.8 Å². The molecule has 1 heterocycles. The third-order valence-electron chi connectivity index (χ3n) is 4.61. The highest BCUT2D eigenvalue weighted by Gasteiger charge is 2.29. The lowest BCUT2D eigenvalue weighted by atomic mass is 10.1. The van der Waals surface area contributed by atoms with Crippen LogP contribution in [0.5, 0.6) is 0 Å². The van der Waals surface area contributed by atoms with Crippen LogP contribution in [0.1, 0.15) is 57.4 Å². The Balaban J connectivity index is 1.65. The molecule has 136 valence electrons. The molecule has 6 heteroatoms. The molecule has 6 nitrogen and oxygen atoms in total. The SMILES string of the molecule is CC(=O)c1c(C)[nH]c(C(=O)NCc2cccc(NC(=O)C3CC3)c2)c1C. The Hall–Kier alpha value is -2.89. The minimum absolute atomic E-state index is 0.0560. The summed E-state index contributed by atoms with van der Waals surface area (Å²) in [7, 11) is 0. The van der Waals surface area contributed by atoms with E-state index in [1.165, 1.54) is 6.92 Å². The molecular weight excluding hydrogens is 330 g/mol. The lowest BCUT2D eigenvalue weighted by Crippen LogP contribution is -2.24. The predicted molar refractivity (Wildman–Crippen MR) is 99.2 cm³/mol. The van der Waals surface area contributed by atoms with E-state index in [0.29, 0.717) is 29.1 Å². The minimum Gasteiger partial charge on any atom is -0.354 e. The lowest BCUT2D eigenvalue weighted by molar-refractivity contribution is -0.117. The number of aryl methyl sites for hydroxylation is 1. The van der Waals surface area contributed by atoms with Crippen molar-refractivity contribution in [3.8, 4) is 0 Å². The molecule has 0 spiro atoms. The Morgan fingerprint density at radius 1 is 1.19 bits per heavy atom. The van der Waals surface area contributed by atoms with Gasteiger partial charge in [0, 0.05) is 29.4 Å². The topological polar surface area (TPSA) is 91.1 Å². The van der Waals surface area contributed by atoms with Gasteiger partial charge in [0.25, 0.3) is 5.91 Å². The van der Waals surface area contributed by atoms with E-state index >= 15 is 0 Å². The van der Waals surface area contributed by atoms with E-state index in [-0.39, 0.29) is 23.5 Å². The molecule has 0 radical (unpaired) electrons. The second-order valence-electron chi connectivity index (χ2n) is 6.83. The molecule has 0 aliphatic heterocycles. The number of rotatable bonds is 6. The van der Waals surface area contributed by atoms with Crippen LogP contribution in [0.3, 0.4) is 0 Å². The van der Waals surface area contributed by atoms with E-state index in [1.54, 1.807) is 13.8 Å². The maximum atomic E-state index is 12.5. The van der Waals surface area contributed by atoms with Gasteiger partial charge < -0.3 is 15.6 Å². The molecule has 1 saturated carbocycles. The van der Waals surface area contributed by atoms with Crippen LogP contribution in [0.2, 0.25) is 0 Å². The molecule has 1 aromatic carbocycles. The third-order valence-corrected chi connectivity index (χ3v) is 4.61. The number of aromatic amines is 1. The monoisotopic (exact) mass is 353 g/mol. The van der Waals surface area contributed by atoms with Crippen LogP contribution in [-0.2, 0) is 11.3 Å². The first-order chi connectivity index (χ1) is 12.4. The summed E-state index contributed by atoms with van der Waals surface area (Å²) in [4.78, 5) is 39.0. The zero-order valence-electron chi connectivity index (χ0n) is 15.2. The van der Waals surface area contributed by atoms with Gasteiger partial charge in [-0.3, -0.25) is 14.4 Å². The van der Waals surface area contributed by atoms with Gasteiger partial charge in [0.1, 0.15) is 5.69 Å². The molecule has 1 aromatic heterocycles. The summed E-state index contributed by atoms with van der Waals surface area (Å²) in [6, 6.07) is 7.43. The van der Waals surface area contributed by atoms with Crippen molar-refractivity contribution in [2.24, 2.45) is 5.92 Å². The number of Topliss-reactive ketones (excluding diaryl/α,β-unsaturated/α-hetero) is 1. The number of carbonyl (C=O) groups is 3. The van der Waals surface area contributed by atoms with E-state index in [1.807, 2.05) is 24.3 Å². The molecular formula is C20H23N3O3. The maximum absolute atomic E-state index is 12.5. The summed E-state index contributed by atoms with van der Waals surface area (Å²) in [5.74, 6) is -0.117. The number of carbonyl (C=O) groups excluding carboxylic acids is 3. The van der Waals surface area contributed by atoms with Gasteiger partial charge in [-0.15, -0.1) is 0 Å². The van der Waals surface area contributed by atoms with Gasteiger partial charge in [-0.25, -0.2) is 0 Å². The van der Waals surface area contributed by atoms with E-state index in [4.69, 9.17) is 0 Å². The Morgan fingerprint density at radius 3 is 2.54 bits per heavy atom. The van der Waals surface area contributed by atoms with Crippen molar-refractivity contribution in [3.05, 3.63) is 52.3 Å². The second-order valence-corrected chi connectivity index (χ2v) is 6.83. The summed E-state index contributed by atoms with van der Waals surface area (Å²) in [5, 5.41) is 5.76. The quantitative estimate of drug-likeness (QED) is 0.697. The molecule has 3 rings (SSSR count). The lowest BCUT2D eigenvalue weighted by Gasteiger charge is -2.08. The Morgan fingerprint density at radius 2 is 1.92 bits per heavy atom. The first-order valence-electron chi connectivity index (χ1n) is 8.75. The van der Waals surface area contributed by atoms with Crippen LogP contribution in [0.15, 0.2) is 24.3 Å². The molecule has 1 fully saturated rings. The zero-order chi connectivity index (χ0) is 18.8. The summed E-state index contributed by atoms with van der Waals surface area (Å²) >= 11 is 0. The number of hydrogen-bond acceptors (Lipinski definition) is 3. The Labute approximate surface area is 152 Å². The number of ketones is 1. The smallest absolute Gasteiger partial charge is 0.268 e. The molecule has 0 unspecified atom stereocenters. The van der Waals surface area contributed by atoms with Gasteiger partial charge in [-0.2, -0.15) is 0 Å². The van der Waals surface area contributed by atoms with Gasteiger partial charge in [-0.05, 0) is 56.9 Å². The van der Waals surface area contributed by atoms with Crippen molar-refractivity contribution in [2.45, 2.75) is 40.2 Å². The van der Waals surface area contributed by atoms with Gasteiger partial charge in [0.05, 0.1) is 0 Å². The van der Waals surface area contributed by atoms with Crippen LogP contribution >= 0.6 is 0 Å². The molecule has 3 N–H and O–H groups in total. The fourth-order valence-corrected chi connectivity index (χ4v) is 3.12. The zero-order valence-corrected chi connectivity index (χ0v) is 15.2. The van der Waals surface area contributed by atoms with Crippen LogP contribution < -0.4 is 10.6 Å². The standard InChI is InChI=1S/C20H23N3O3/c1-11-17(13(3)24)12(2)22-18(11)20(26)21-10-14-5-4-6-16(9-14)23-19(25)15-7-8-15/h4-6,9,15,22H,7-8,10H2,1-3H3,(H,21,26)(H,23,25). The van der Waals surface area contributed by atoms with Crippen molar-refractivity contribution in [2.75, 3.05) is 5.32 Å². The van der Waals surface area contributed by atoms with Crippen molar-refractivity contribution in [1.29, 1.82) is 0 Å². The summed E-state index contributed by atoms with van der Waals surface area (Å²) in [5.41, 5.74) is 3.97. The third kappa shape index (κ3) is 3.85. The number of anilines is 1. The molecule has 1 aliphatic rings. The van der Waals surface area contributed by atoms with Gasteiger partial charge in [0.15, 0.2) is 5.78 Å². The number of hydrogen-bond donors (Lipinski definition) is 3. The van der Waals surface area contributed by atoms with Crippen LogP contribution in [0.4, 0.5) is 5.69 Å². The van der Waals surface area contributed by atoms with Gasteiger partial charge in [-0.1, -0.05) is 12.1 Å². The highest BCUT2D eigenvalue weighted by atomic mass is 16.2. The normalized spacial score (nSPS) is 13.3. The largest absolute Gasteiger partial charge is 0.354 e. The number of amides is 2. The highest BCUT2D eigenvalue weighted by molar-refractivity contribution is 6.02. The molecule has 0 saturated heterocycles. The predicted octanol–water partition coefficient (Wildman–Crippen LogP) is 3.11.